The van der Waals surface area contributed by atoms with Crippen LogP contribution in [0.25, 0.3) is 0 Å². The lowest BCUT2D eigenvalue weighted by Crippen LogP contribution is -2.30. The highest BCUT2D eigenvalue weighted by Gasteiger charge is 2.16. The van der Waals surface area contributed by atoms with E-state index in [4.69, 9.17) is 5.26 Å². The largest absolute Gasteiger partial charge is 0.304 e. The minimum Gasteiger partial charge on any atom is -0.284 e. The van der Waals surface area contributed by atoms with Crippen LogP contribution >= 0.6 is 0 Å². The molecule has 6 heteroatoms. The summed E-state index contributed by atoms with van der Waals surface area (Å²) < 4.78 is 13.4. The molecular formula is C12H14FN3O2. The summed E-state index contributed by atoms with van der Waals surface area (Å²) in [5, 5.41) is 19.2. The van der Waals surface area contributed by atoms with Crippen molar-refractivity contribution >= 4 is 5.69 Å². The Balaban J connectivity index is 2.88. The lowest BCUT2D eigenvalue weighted by molar-refractivity contribution is -0.387. The molecule has 0 bridgehead atoms. The molecule has 0 unspecified atom stereocenters. The van der Waals surface area contributed by atoms with E-state index in [1.807, 2.05) is 24.8 Å². The Hall–Kier alpha value is -2.00. The first kappa shape index (κ1) is 14.1. The molecule has 0 aliphatic rings. The molecule has 0 fully saturated rings. The summed E-state index contributed by atoms with van der Waals surface area (Å²) in [5.41, 5.74) is 0.0807. The van der Waals surface area contributed by atoms with Gasteiger partial charge in [0.2, 0.25) is 5.82 Å². The van der Waals surface area contributed by atoms with Crippen LogP contribution < -0.4 is 0 Å². The molecule has 1 aromatic rings. The minimum absolute atomic E-state index is 0.142. The molecule has 0 saturated heterocycles. The van der Waals surface area contributed by atoms with Crippen LogP contribution in [-0.4, -0.2) is 22.4 Å². The molecule has 96 valence electrons. The number of rotatable bonds is 5. The topological polar surface area (TPSA) is 70.2 Å². The number of benzene rings is 1. The van der Waals surface area contributed by atoms with Gasteiger partial charge in [0, 0.05) is 18.7 Å². The van der Waals surface area contributed by atoms with Gasteiger partial charge >= 0.3 is 5.69 Å². The van der Waals surface area contributed by atoms with Crippen molar-refractivity contribution in [3.63, 3.8) is 0 Å². The minimum atomic E-state index is -0.849. The highest BCUT2D eigenvalue weighted by atomic mass is 19.1. The van der Waals surface area contributed by atoms with Crippen LogP contribution in [0.4, 0.5) is 10.1 Å². The molecule has 0 spiro atoms. The van der Waals surface area contributed by atoms with E-state index < -0.39 is 16.4 Å². The van der Waals surface area contributed by atoms with Crippen molar-refractivity contribution in [1.82, 2.24) is 4.90 Å². The van der Waals surface area contributed by atoms with E-state index in [9.17, 15) is 14.5 Å². The Morgan fingerprint density at radius 2 is 2.22 bits per heavy atom. The van der Waals surface area contributed by atoms with Crippen LogP contribution in [0.2, 0.25) is 0 Å². The quantitative estimate of drug-likeness (QED) is 0.458. The normalized spacial score (nSPS) is 10.7. The number of halogens is 1. The van der Waals surface area contributed by atoms with Crippen LogP contribution in [0.15, 0.2) is 18.2 Å². The zero-order valence-electron chi connectivity index (χ0n) is 10.3. The fourth-order valence-electron chi connectivity index (χ4n) is 1.54. The van der Waals surface area contributed by atoms with Crippen LogP contribution in [0, 0.1) is 27.3 Å². The molecule has 0 N–H and O–H groups in total. The lowest BCUT2D eigenvalue weighted by Gasteiger charge is -2.23. The van der Waals surface area contributed by atoms with Crippen molar-refractivity contribution < 1.29 is 9.31 Å². The molecule has 0 aromatic heterocycles. The SMILES string of the molecule is CC(C)N(CC#N)Cc1ccc([N+](=O)[O-])c(F)c1. The number of nitro groups is 1. The summed E-state index contributed by atoms with van der Waals surface area (Å²) in [5.74, 6) is -0.849. The third kappa shape index (κ3) is 3.50. The van der Waals surface area contributed by atoms with Crippen molar-refractivity contribution in [3.05, 3.63) is 39.7 Å². The zero-order valence-corrected chi connectivity index (χ0v) is 10.3. The highest BCUT2D eigenvalue weighted by molar-refractivity contribution is 5.35. The Labute approximate surface area is 105 Å². The van der Waals surface area contributed by atoms with Gasteiger partial charge in [-0.15, -0.1) is 0 Å². The Morgan fingerprint density at radius 3 is 2.67 bits per heavy atom. The van der Waals surface area contributed by atoms with Gasteiger partial charge in [-0.3, -0.25) is 15.0 Å². The summed E-state index contributed by atoms with van der Waals surface area (Å²) in [6.45, 7) is 4.48. The van der Waals surface area contributed by atoms with Gasteiger partial charge in [-0.1, -0.05) is 6.07 Å². The van der Waals surface area contributed by atoms with E-state index in [1.54, 1.807) is 0 Å². The molecule has 1 aromatic carbocycles. The van der Waals surface area contributed by atoms with Crippen LogP contribution in [-0.2, 0) is 6.54 Å². The Morgan fingerprint density at radius 1 is 1.56 bits per heavy atom. The van der Waals surface area contributed by atoms with Crippen LogP contribution in [0.3, 0.4) is 0 Å². The van der Waals surface area contributed by atoms with Gasteiger partial charge in [0.15, 0.2) is 0 Å². The van der Waals surface area contributed by atoms with E-state index >= 15 is 0 Å². The van der Waals surface area contributed by atoms with E-state index in [-0.39, 0.29) is 12.6 Å². The molecule has 0 radical (unpaired) electrons. The lowest BCUT2D eigenvalue weighted by atomic mass is 10.1. The molecule has 0 saturated carbocycles. The maximum atomic E-state index is 13.4. The van der Waals surface area contributed by atoms with Gasteiger partial charge in [0.05, 0.1) is 17.5 Å². The monoisotopic (exact) mass is 251 g/mol. The van der Waals surface area contributed by atoms with Gasteiger partial charge in [0.1, 0.15) is 0 Å². The molecule has 0 amide bonds. The number of nitriles is 1. The molecular weight excluding hydrogens is 237 g/mol. The summed E-state index contributed by atoms with van der Waals surface area (Å²) >= 11 is 0. The number of nitrogens with zero attached hydrogens (tertiary/aromatic N) is 3. The fraction of sp³-hybridized carbons (Fsp3) is 0.417. The third-order valence-corrected chi connectivity index (χ3v) is 2.60. The first-order valence-electron chi connectivity index (χ1n) is 5.49. The molecule has 0 aliphatic heterocycles. The average Bonchev–Trinajstić information content (AvgIpc) is 2.27. The first-order chi connectivity index (χ1) is 8.45. The maximum absolute atomic E-state index is 13.4. The van der Waals surface area contributed by atoms with E-state index in [1.165, 1.54) is 6.07 Å². The maximum Gasteiger partial charge on any atom is 0.304 e. The number of hydrogen-bond acceptors (Lipinski definition) is 4. The van der Waals surface area contributed by atoms with Crippen LogP contribution in [0.1, 0.15) is 19.4 Å². The fourth-order valence-corrected chi connectivity index (χ4v) is 1.54. The standard InChI is InChI=1S/C12H14FN3O2/c1-9(2)15(6-5-14)8-10-3-4-12(16(17)18)11(13)7-10/h3-4,7,9H,6,8H2,1-2H3. The summed E-state index contributed by atoms with van der Waals surface area (Å²) in [6.07, 6.45) is 0. The highest BCUT2D eigenvalue weighted by Crippen LogP contribution is 2.19. The molecule has 0 heterocycles. The van der Waals surface area contributed by atoms with Gasteiger partial charge in [-0.2, -0.15) is 9.65 Å². The van der Waals surface area contributed by atoms with Gasteiger partial charge in [-0.25, -0.2) is 0 Å². The van der Waals surface area contributed by atoms with E-state index in [2.05, 4.69) is 0 Å². The Kier molecular flexibility index (Phi) is 4.75. The first-order valence-corrected chi connectivity index (χ1v) is 5.49. The second kappa shape index (κ2) is 6.07. The average molecular weight is 251 g/mol. The van der Waals surface area contributed by atoms with Gasteiger partial charge < -0.3 is 0 Å². The third-order valence-electron chi connectivity index (χ3n) is 2.60. The molecule has 18 heavy (non-hydrogen) atoms. The number of nitro benzene ring substituents is 1. The van der Waals surface area contributed by atoms with Crippen molar-refractivity contribution in [2.24, 2.45) is 0 Å². The van der Waals surface area contributed by atoms with Crippen LogP contribution in [0.5, 0.6) is 0 Å². The van der Waals surface area contributed by atoms with E-state index in [0.717, 1.165) is 12.1 Å². The van der Waals surface area contributed by atoms with Gasteiger partial charge in [-0.05, 0) is 25.5 Å². The summed E-state index contributed by atoms with van der Waals surface area (Å²) in [7, 11) is 0. The zero-order chi connectivity index (χ0) is 13.7. The van der Waals surface area contributed by atoms with Crippen molar-refractivity contribution in [2.45, 2.75) is 26.4 Å². The van der Waals surface area contributed by atoms with Crippen molar-refractivity contribution in [3.8, 4) is 6.07 Å². The van der Waals surface area contributed by atoms with E-state index in [0.29, 0.717) is 12.1 Å². The van der Waals surface area contributed by atoms with Gasteiger partial charge in [0.25, 0.3) is 0 Å². The second-order valence-corrected chi connectivity index (χ2v) is 4.20. The Bertz CT molecular complexity index is 483. The number of hydrogen-bond donors (Lipinski definition) is 0. The summed E-state index contributed by atoms with van der Waals surface area (Å²) in [4.78, 5) is 11.6. The predicted molar refractivity (Wildman–Crippen MR) is 64.2 cm³/mol. The molecule has 1 rings (SSSR count). The smallest absolute Gasteiger partial charge is 0.284 e. The summed E-state index contributed by atoms with van der Waals surface area (Å²) in [6, 6.07) is 5.98. The molecule has 5 nitrogen and oxygen atoms in total. The van der Waals surface area contributed by atoms with Crippen molar-refractivity contribution in [2.75, 3.05) is 6.54 Å². The predicted octanol–water partition coefficient (Wildman–Crippen LogP) is 2.47. The second-order valence-electron chi connectivity index (χ2n) is 4.20. The van der Waals surface area contributed by atoms with Crippen molar-refractivity contribution in [1.29, 1.82) is 5.26 Å². The molecule has 0 aliphatic carbocycles. The molecule has 0 atom stereocenters.